The molecule has 0 spiro atoms. The van der Waals surface area contributed by atoms with Crippen LogP contribution in [0.2, 0.25) is 0 Å². The smallest absolute Gasteiger partial charge is 0.257 e. The molecule has 5 heteroatoms. The fourth-order valence-corrected chi connectivity index (χ4v) is 2.05. The Morgan fingerprint density at radius 2 is 2.05 bits per heavy atom. The molecule has 1 aromatic rings. The highest BCUT2D eigenvalue weighted by Gasteiger charge is 2.19. The predicted molar refractivity (Wildman–Crippen MR) is 82.2 cm³/mol. The van der Waals surface area contributed by atoms with Crippen LogP contribution in [0.4, 0.5) is 0 Å². The first-order valence-corrected chi connectivity index (χ1v) is 7.62. The van der Waals surface area contributed by atoms with Gasteiger partial charge in [-0.1, -0.05) is 13.8 Å². The maximum Gasteiger partial charge on any atom is 0.257 e. The minimum Gasteiger partial charge on any atom is -0.469 e. The first kappa shape index (κ1) is 17.3. The number of nitrogens with one attached hydrogen (secondary N) is 1. The molecule has 118 valence electrons. The lowest BCUT2D eigenvalue weighted by atomic mass is 10.2. The van der Waals surface area contributed by atoms with Crippen molar-refractivity contribution in [2.24, 2.45) is 0 Å². The van der Waals surface area contributed by atoms with Crippen LogP contribution in [0, 0.1) is 6.92 Å². The zero-order valence-electron chi connectivity index (χ0n) is 13.4. The van der Waals surface area contributed by atoms with E-state index in [4.69, 9.17) is 4.42 Å². The fourth-order valence-electron chi connectivity index (χ4n) is 2.05. The zero-order chi connectivity index (χ0) is 15.8. The van der Waals surface area contributed by atoms with E-state index >= 15 is 0 Å². The van der Waals surface area contributed by atoms with Crippen LogP contribution in [0.1, 0.15) is 56.2 Å². The van der Waals surface area contributed by atoms with Gasteiger partial charge in [0.25, 0.3) is 5.91 Å². The van der Waals surface area contributed by atoms with E-state index in [1.165, 1.54) is 6.26 Å². The van der Waals surface area contributed by atoms with Gasteiger partial charge in [0.15, 0.2) is 0 Å². The van der Waals surface area contributed by atoms with Crippen molar-refractivity contribution in [2.45, 2.75) is 53.0 Å². The second-order valence-corrected chi connectivity index (χ2v) is 5.31. The van der Waals surface area contributed by atoms with E-state index in [9.17, 15) is 9.59 Å². The molecule has 2 amide bonds. The lowest BCUT2D eigenvalue weighted by Crippen LogP contribution is -2.38. The summed E-state index contributed by atoms with van der Waals surface area (Å²) in [6.07, 6.45) is 3.60. The van der Waals surface area contributed by atoms with Crippen molar-refractivity contribution in [1.82, 2.24) is 10.2 Å². The third-order valence-corrected chi connectivity index (χ3v) is 3.50. The van der Waals surface area contributed by atoms with Gasteiger partial charge in [-0.15, -0.1) is 0 Å². The average Bonchev–Trinajstić information content (AvgIpc) is 2.88. The molecule has 0 aliphatic heterocycles. The summed E-state index contributed by atoms with van der Waals surface area (Å²) in [5.74, 6) is 0.534. The Hall–Kier alpha value is -1.78. The number of aryl methyl sites for hydroxylation is 1. The number of carbonyl (C=O) groups is 2. The second-order valence-electron chi connectivity index (χ2n) is 5.31. The average molecular weight is 294 g/mol. The largest absolute Gasteiger partial charge is 0.469 e. The Morgan fingerprint density at radius 1 is 1.33 bits per heavy atom. The van der Waals surface area contributed by atoms with Crippen LogP contribution in [-0.2, 0) is 4.79 Å². The van der Waals surface area contributed by atoms with Crippen molar-refractivity contribution in [1.29, 1.82) is 0 Å². The quantitative estimate of drug-likeness (QED) is 0.802. The van der Waals surface area contributed by atoms with Gasteiger partial charge in [0.2, 0.25) is 5.91 Å². The Labute approximate surface area is 126 Å². The van der Waals surface area contributed by atoms with Gasteiger partial charge in [-0.2, -0.15) is 0 Å². The lowest BCUT2D eigenvalue weighted by molar-refractivity contribution is -0.121. The van der Waals surface area contributed by atoms with Crippen LogP contribution in [0.25, 0.3) is 0 Å². The fraction of sp³-hybridized carbons (Fsp3) is 0.625. The molecule has 0 bridgehead atoms. The Kier molecular flexibility index (Phi) is 6.99. The summed E-state index contributed by atoms with van der Waals surface area (Å²) in [7, 11) is 0. The number of furan rings is 1. The minimum atomic E-state index is -0.0700. The molecule has 0 saturated heterocycles. The van der Waals surface area contributed by atoms with E-state index in [1.807, 2.05) is 20.8 Å². The van der Waals surface area contributed by atoms with Crippen LogP contribution in [-0.4, -0.2) is 35.8 Å². The predicted octanol–water partition coefficient (Wildman–Crippen LogP) is 2.75. The molecule has 0 aromatic carbocycles. The molecule has 0 aliphatic carbocycles. The van der Waals surface area contributed by atoms with Gasteiger partial charge in [-0.25, -0.2) is 0 Å². The Morgan fingerprint density at radius 3 is 2.57 bits per heavy atom. The van der Waals surface area contributed by atoms with Crippen LogP contribution in [0.3, 0.4) is 0 Å². The summed E-state index contributed by atoms with van der Waals surface area (Å²) in [4.78, 5) is 26.0. The second kappa shape index (κ2) is 8.49. The molecule has 0 saturated carbocycles. The van der Waals surface area contributed by atoms with E-state index in [-0.39, 0.29) is 17.9 Å². The maximum absolute atomic E-state index is 12.4. The lowest BCUT2D eigenvalue weighted by Gasteiger charge is -2.22. The molecule has 21 heavy (non-hydrogen) atoms. The first-order chi connectivity index (χ1) is 9.99. The van der Waals surface area contributed by atoms with Gasteiger partial charge in [0.05, 0.1) is 11.8 Å². The molecule has 1 unspecified atom stereocenters. The third-order valence-electron chi connectivity index (χ3n) is 3.50. The Balaban J connectivity index is 2.60. The van der Waals surface area contributed by atoms with Crippen LogP contribution in [0.5, 0.6) is 0 Å². The van der Waals surface area contributed by atoms with Gasteiger partial charge in [-0.3, -0.25) is 9.59 Å². The summed E-state index contributed by atoms with van der Waals surface area (Å²) in [5, 5.41) is 2.92. The number of amides is 2. The Bertz CT molecular complexity index is 468. The van der Waals surface area contributed by atoms with Gasteiger partial charge in [-0.05, 0) is 32.8 Å². The summed E-state index contributed by atoms with van der Waals surface area (Å²) in [5.41, 5.74) is 0.575. The molecule has 0 aliphatic rings. The van der Waals surface area contributed by atoms with Crippen molar-refractivity contribution >= 4 is 11.8 Å². The van der Waals surface area contributed by atoms with E-state index < -0.39 is 0 Å². The van der Waals surface area contributed by atoms with Crippen molar-refractivity contribution < 1.29 is 14.0 Å². The minimum absolute atomic E-state index is 0.0119. The molecule has 1 aromatic heterocycles. The molecular formula is C16H26N2O3. The summed E-state index contributed by atoms with van der Waals surface area (Å²) >= 11 is 0. The highest BCUT2D eigenvalue weighted by Crippen LogP contribution is 2.12. The summed E-state index contributed by atoms with van der Waals surface area (Å²) in [6.45, 7) is 8.86. The molecule has 1 rings (SSSR count). The standard InChI is InChI=1S/C16H26N2O3/c1-5-9-18(10-7-15(19)17-12(3)6-2)16(20)14-8-11-21-13(14)4/h8,11-12H,5-7,9-10H2,1-4H3,(H,17,19). The molecule has 5 nitrogen and oxygen atoms in total. The topological polar surface area (TPSA) is 62.6 Å². The van der Waals surface area contributed by atoms with Crippen molar-refractivity contribution in [3.63, 3.8) is 0 Å². The number of nitrogens with zero attached hydrogens (tertiary/aromatic N) is 1. The molecule has 1 atom stereocenters. The van der Waals surface area contributed by atoms with E-state index in [0.29, 0.717) is 30.8 Å². The van der Waals surface area contributed by atoms with Crippen molar-refractivity contribution in [2.75, 3.05) is 13.1 Å². The molecule has 1 heterocycles. The van der Waals surface area contributed by atoms with Crippen LogP contribution < -0.4 is 5.32 Å². The van der Waals surface area contributed by atoms with Crippen LogP contribution >= 0.6 is 0 Å². The zero-order valence-corrected chi connectivity index (χ0v) is 13.4. The SMILES string of the molecule is CCCN(CCC(=O)NC(C)CC)C(=O)c1ccoc1C. The molecule has 0 fully saturated rings. The first-order valence-electron chi connectivity index (χ1n) is 7.62. The monoisotopic (exact) mass is 294 g/mol. The van der Waals surface area contributed by atoms with Gasteiger partial charge in [0.1, 0.15) is 5.76 Å². The molecule has 0 radical (unpaired) electrons. The number of carbonyl (C=O) groups excluding carboxylic acids is 2. The van der Waals surface area contributed by atoms with E-state index in [0.717, 1.165) is 12.8 Å². The van der Waals surface area contributed by atoms with E-state index in [1.54, 1.807) is 17.9 Å². The molecular weight excluding hydrogens is 268 g/mol. The maximum atomic E-state index is 12.4. The third kappa shape index (κ3) is 5.25. The number of hydrogen-bond donors (Lipinski definition) is 1. The molecule has 1 N–H and O–H groups in total. The van der Waals surface area contributed by atoms with Gasteiger partial charge in [0, 0.05) is 25.6 Å². The number of rotatable bonds is 8. The normalized spacial score (nSPS) is 12.0. The summed E-state index contributed by atoms with van der Waals surface area (Å²) in [6, 6.07) is 1.85. The van der Waals surface area contributed by atoms with Gasteiger partial charge < -0.3 is 14.6 Å². The highest BCUT2D eigenvalue weighted by atomic mass is 16.3. The van der Waals surface area contributed by atoms with Crippen molar-refractivity contribution in [3.05, 3.63) is 23.7 Å². The number of hydrogen-bond acceptors (Lipinski definition) is 3. The highest BCUT2D eigenvalue weighted by molar-refractivity contribution is 5.95. The van der Waals surface area contributed by atoms with Crippen molar-refractivity contribution in [3.8, 4) is 0 Å². The van der Waals surface area contributed by atoms with E-state index in [2.05, 4.69) is 5.32 Å². The summed E-state index contributed by atoms with van der Waals surface area (Å²) < 4.78 is 5.18. The van der Waals surface area contributed by atoms with Crippen LogP contribution in [0.15, 0.2) is 16.7 Å². The van der Waals surface area contributed by atoms with Gasteiger partial charge >= 0.3 is 0 Å².